The van der Waals surface area contributed by atoms with E-state index < -0.39 is 107 Å². The first-order chi connectivity index (χ1) is 43.4. The predicted octanol–water partition coefficient (Wildman–Crippen LogP) is 11.8. The minimum Gasteiger partial charge on any atom is -0.352 e. The molecule has 0 bridgehead atoms. The Bertz CT molecular complexity index is 3080. The molecule has 3 aliphatic heterocycles. The van der Waals surface area contributed by atoms with E-state index in [2.05, 4.69) is 49.5 Å². The normalized spacial score (nSPS) is 22.1. The first-order valence-corrected chi connectivity index (χ1v) is 35.7. The Hall–Kier alpha value is -5.21. The number of nitrogens with zero attached hydrogens (tertiary/aromatic N) is 8. The van der Waals surface area contributed by atoms with E-state index in [9.17, 15) is 53.2 Å². The van der Waals surface area contributed by atoms with Gasteiger partial charge in [0, 0.05) is 54.7 Å². The van der Waals surface area contributed by atoms with Crippen molar-refractivity contribution in [2.75, 3.05) is 30.5 Å². The van der Waals surface area contributed by atoms with E-state index in [1.165, 1.54) is 158 Å². The van der Waals surface area contributed by atoms with Gasteiger partial charge in [0.05, 0.1) is 38.1 Å². The number of unbranched alkanes of at least 4 members (excludes halogenated alkanes) is 24. The molecule has 504 valence electrons. The number of aromatic amines is 1. The number of nitrogens with one attached hydrogen (secondary N) is 3. The van der Waals surface area contributed by atoms with Crippen LogP contribution in [0, 0.1) is 6.92 Å². The van der Waals surface area contributed by atoms with Crippen LogP contribution in [0.5, 0.6) is 0 Å². The van der Waals surface area contributed by atoms with Crippen LogP contribution in [-0.2, 0) is 51.0 Å². The minimum atomic E-state index is -5.17. The number of ether oxygens (including phenoxy) is 3. The number of phosphoric ester groups is 2. The zero-order chi connectivity index (χ0) is 64.7. The van der Waals surface area contributed by atoms with Crippen molar-refractivity contribution in [1.29, 1.82) is 0 Å². The summed E-state index contributed by atoms with van der Waals surface area (Å²) in [4.78, 5) is 112. The van der Waals surface area contributed by atoms with E-state index in [4.69, 9.17) is 32.3 Å². The molecule has 2 amide bonds. The highest BCUT2D eigenvalue weighted by molar-refractivity contribution is 7.47. The van der Waals surface area contributed by atoms with Gasteiger partial charge in [0.1, 0.15) is 42.5 Å². The number of aromatic nitrogens is 6. The van der Waals surface area contributed by atoms with E-state index in [0.29, 0.717) is 25.7 Å². The summed E-state index contributed by atoms with van der Waals surface area (Å²) in [5.74, 6) is -0.466. The van der Waals surface area contributed by atoms with E-state index >= 15 is 0 Å². The molecule has 3 aromatic rings. The second-order valence-electron chi connectivity index (χ2n) is 23.8. The fourth-order valence-corrected chi connectivity index (χ4v) is 13.1. The Morgan fingerprint density at radius 3 is 1.57 bits per heavy atom. The van der Waals surface area contributed by atoms with Gasteiger partial charge in [-0.1, -0.05) is 173 Å². The highest BCUT2D eigenvalue weighted by Crippen LogP contribution is 2.51. The third-order valence-electron chi connectivity index (χ3n) is 16.5. The SMILES string of the molecule is CCCCCCCCCCCCCCCC(=O)Nc1ccn([C@H]2CC[C@@H](COP(=O)(O)OC[C@H]3O[C@@H](n4ccc(NC(=O)CCCCCCCCCCCCCCC)nc4=O)C[C@@H]3OP(=O)(O)OC[C@H]3O[C@@H](n4cc(C)c(=O)[nH]c4=O)C[C@@H]3N=[N+]=[N-])O2)c(=O)n1. The van der Waals surface area contributed by atoms with Crippen molar-refractivity contribution in [1.82, 2.24) is 28.7 Å². The standard InChI is InChI=1S/C60H97N11O17P2/c1-4-6-8-10-12-14-16-18-20-22-24-26-28-30-52(72)62-50-34-36-69(58(75)64-50)54-33-32-45(85-54)41-82-89(78,79)83-43-49-47(88-90(80,81)84-42-48-46(67-68-61)38-55(86-48)71-40-44(3)57(74)66-60(71)77)39-56(87-49)70-37-35-51(65-59(70)76)63-53(73)31-29-27-25-23-21-19-17-15-13-11-9-7-5-2/h34-37,40,45-49,54-56H,4-33,38-39,41-43H2,1-3H3,(H,78,79)(H,80,81)(H,66,74,77)(H,62,64,72,75)(H,63,65,73,76)/t45-,46-,47-,48+,49+,54+,55+,56+/m0/s1. The van der Waals surface area contributed by atoms with Crippen molar-refractivity contribution in [2.45, 2.75) is 275 Å². The van der Waals surface area contributed by atoms with Crippen molar-refractivity contribution >= 4 is 39.1 Å². The third-order valence-corrected chi connectivity index (χ3v) is 18.4. The Labute approximate surface area is 526 Å². The molecule has 90 heavy (non-hydrogen) atoms. The summed E-state index contributed by atoms with van der Waals surface area (Å²) in [5, 5.41) is 9.05. The molecule has 0 spiro atoms. The minimum absolute atomic E-state index is 0.0147. The van der Waals surface area contributed by atoms with Crippen molar-refractivity contribution in [2.24, 2.45) is 5.11 Å². The number of amides is 2. The Balaban J connectivity index is 0.986. The molecule has 6 heterocycles. The first-order valence-electron chi connectivity index (χ1n) is 32.8. The van der Waals surface area contributed by atoms with Crippen LogP contribution >= 0.6 is 15.6 Å². The van der Waals surface area contributed by atoms with Crippen LogP contribution in [-0.4, -0.2) is 101 Å². The number of rotatable bonds is 45. The average molecular weight is 1310 g/mol. The van der Waals surface area contributed by atoms with Gasteiger partial charge in [-0.05, 0) is 50.3 Å². The summed E-state index contributed by atoms with van der Waals surface area (Å²) < 4.78 is 70.0. The molecule has 30 heteroatoms. The topological polar surface area (TPSA) is 371 Å². The fourth-order valence-electron chi connectivity index (χ4n) is 11.3. The number of carbonyl (C=O) groups excluding carboxylic acids is 2. The molecule has 28 nitrogen and oxygen atoms in total. The number of phosphoric acid groups is 2. The lowest BCUT2D eigenvalue weighted by molar-refractivity contribution is -0.117. The molecule has 6 rings (SSSR count). The van der Waals surface area contributed by atoms with Crippen LogP contribution < -0.4 is 33.3 Å². The zero-order valence-electron chi connectivity index (χ0n) is 52.7. The summed E-state index contributed by atoms with van der Waals surface area (Å²) in [6, 6.07) is 1.85. The predicted molar refractivity (Wildman–Crippen MR) is 336 cm³/mol. The quantitative estimate of drug-likeness (QED) is 0.0115. The van der Waals surface area contributed by atoms with Gasteiger partial charge in [-0.25, -0.2) is 23.5 Å². The fraction of sp³-hybridized carbons (Fsp3) is 0.767. The van der Waals surface area contributed by atoms with Crippen molar-refractivity contribution < 1.29 is 60.8 Å². The van der Waals surface area contributed by atoms with Crippen LogP contribution in [0.4, 0.5) is 11.6 Å². The Morgan fingerprint density at radius 2 is 1.07 bits per heavy atom. The van der Waals surface area contributed by atoms with Gasteiger partial charge in [-0.2, -0.15) is 9.97 Å². The number of aryl methyl sites for hydroxylation is 1. The maximum absolute atomic E-state index is 13.7. The highest BCUT2D eigenvalue weighted by Gasteiger charge is 2.45. The third kappa shape index (κ3) is 26.1. The average Bonchev–Trinajstić information content (AvgIpc) is 2.15. The molecule has 3 aliphatic rings. The van der Waals surface area contributed by atoms with E-state index in [1.807, 2.05) is 0 Å². The van der Waals surface area contributed by atoms with Crippen LogP contribution in [0.15, 0.2) is 55.0 Å². The monoisotopic (exact) mass is 1310 g/mol. The summed E-state index contributed by atoms with van der Waals surface area (Å²) in [7, 11) is -10.1. The van der Waals surface area contributed by atoms with Crippen LogP contribution in [0.2, 0.25) is 0 Å². The molecule has 0 saturated carbocycles. The van der Waals surface area contributed by atoms with Crippen LogP contribution in [0.1, 0.15) is 244 Å². The molecule has 3 saturated heterocycles. The molecule has 3 aromatic heterocycles. The Kier molecular flexibility index (Phi) is 32.3. The van der Waals surface area contributed by atoms with E-state index in [1.54, 1.807) is 0 Å². The maximum Gasteiger partial charge on any atom is 0.472 e. The van der Waals surface area contributed by atoms with Gasteiger partial charge in [-0.15, -0.1) is 0 Å². The summed E-state index contributed by atoms with van der Waals surface area (Å²) >= 11 is 0. The lowest BCUT2D eigenvalue weighted by Gasteiger charge is -2.23. The number of azide groups is 1. The largest absolute Gasteiger partial charge is 0.472 e. The van der Waals surface area contributed by atoms with Crippen LogP contribution in [0.25, 0.3) is 10.4 Å². The number of hydrogen-bond acceptors (Lipinski definition) is 18. The number of hydrogen-bond donors (Lipinski definition) is 5. The molecule has 2 unspecified atom stereocenters. The molecule has 5 N–H and O–H groups in total. The first kappa shape index (κ1) is 73.8. The van der Waals surface area contributed by atoms with Gasteiger partial charge in [0.2, 0.25) is 11.8 Å². The number of H-pyrrole nitrogens is 1. The molecule has 0 aromatic carbocycles. The summed E-state index contributed by atoms with van der Waals surface area (Å²) in [6.45, 7) is 3.94. The second-order valence-corrected chi connectivity index (χ2v) is 26.7. The summed E-state index contributed by atoms with van der Waals surface area (Å²) in [5.41, 5.74) is 6.50. The Morgan fingerprint density at radius 1 is 0.622 bits per heavy atom. The number of carbonyl (C=O) groups is 2. The lowest BCUT2D eigenvalue weighted by Crippen LogP contribution is -2.33. The van der Waals surface area contributed by atoms with Gasteiger partial charge in [0.25, 0.3) is 5.56 Å². The van der Waals surface area contributed by atoms with Gasteiger partial charge < -0.3 is 34.6 Å². The molecule has 10 atom stereocenters. The molecular formula is C60H97N11O17P2. The van der Waals surface area contributed by atoms with Crippen molar-refractivity contribution in [3.05, 3.63) is 88.5 Å². The summed E-state index contributed by atoms with van der Waals surface area (Å²) in [6.07, 6.45) is 27.2. The van der Waals surface area contributed by atoms with Gasteiger partial charge in [-0.3, -0.25) is 51.2 Å². The van der Waals surface area contributed by atoms with Crippen molar-refractivity contribution in [3.63, 3.8) is 0 Å². The van der Waals surface area contributed by atoms with Gasteiger partial charge in [0.15, 0.2) is 0 Å². The maximum atomic E-state index is 13.7. The smallest absolute Gasteiger partial charge is 0.352 e. The second kappa shape index (κ2) is 39.4. The molecule has 0 aliphatic carbocycles. The number of anilines is 2. The molecule has 3 fully saturated rings. The lowest BCUT2D eigenvalue weighted by atomic mass is 10.0. The zero-order valence-corrected chi connectivity index (χ0v) is 54.5. The van der Waals surface area contributed by atoms with Crippen molar-refractivity contribution in [3.8, 4) is 0 Å². The van der Waals surface area contributed by atoms with E-state index in [0.717, 1.165) is 54.1 Å². The van der Waals surface area contributed by atoms with E-state index in [-0.39, 0.29) is 48.3 Å². The molecule has 0 radical (unpaired) electrons. The van der Waals surface area contributed by atoms with Gasteiger partial charge >= 0.3 is 32.7 Å². The highest BCUT2D eigenvalue weighted by atomic mass is 31.2. The van der Waals surface area contributed by atoms with Crippen LogP contribution in [0.3, 0.4) is 0 Å². The molecular weight excluding hydrogens is 1210 g/mol.